The predicted octanol–water partition coefficient (Wildman–Crippen LogP) is 0.438. The summed E-state index contributed by atoms with van der Waals surface area (Å²) < 4.78 is 45.6. The molecular formula is C18H23FN4O5S. The van der Waals surface area contributed by atoms with E-state index in [1.54, 1.807) is 30.7 Å². The lowest BCUT2D eigenvalue weighted by atomic mass is 10.1. The number of aromatic nitrogens is 2. The Labute approximate surface area is 168 Å². The summed E-state index contributed by atoms with van der Waals surface area (Å²) in [4.78, 5) is 27.3. The van der Waals surface area contributed by atoms with Crippen molar-refractivity contribution in [1.82, 2.24) is 19.6 Å². The van der Waals surface area contributed by atoms with Gasteiger partial charge in [-0.2, -0.15) is 0 Å². The van der Waals surface area contributed by atoms with Crippen molar-refractivity contribution < 1.29 is 27.1 Å². The molecule has 0 atom stereocenters. The summed E-state index contributed by atoms with van der Waals surface area (Å²) in [6.07, 6.45) is 1.65. The lowest BCUT2D eigenvalue weighted by Gasteiger charge is -2.07. The van der Waals surface area contributed by atoms with Gasteiger partial charge < -0.3 is 14.6 Å². The molecule has 0 spiro atoms. The standard InChI is InChI=1S/C18H23FN4O5S/c1-13-22-17(11-23(13)2)29(26,27)21-10-8-18(25)28-12-16(24)20-9-7-14-3-5-15(19)6-4-14/h3-6,11,21H,7-10,12H2,1-2H3,(H,20,24). The average molecular weight is 426 g/mol. The monoisotopic (exact) mass is 426 g/mol. The maximum atomic E-state index is 12.8. The number of benzene rings is 1. The fourth-order valence-corrected chi connectivity index (χ4v) is 3.35. The molecule has 0 fully saturated rings. The van der Waals surface area contributed by atoms with Crippen molar-refractivity contribution in [3.8, 4) is 0 Å². The molecule has 0 radical (unpaired) electrons. The molecule has 158 valence electrons. The Balaban J connectivity index is 1.63. The van der Waals surface area contributed by atoms with E-state index in [4.69, 9.17) is 4.74 Å². The molecule has 1 amide bonds. The van der Waals surface area contributed by atoms with Crippen molar-refractivity contribution in [3.63, 3.8) is 0 Å². The van der Waals surface area contributed by atoms with Gasteiger partial charge in [0.25, 0.3) is 15.9 Å². The minimum atomic E-state index is -3.82. The minimum Gasteiger partial charge on any atom is -0.456 e. The minimum absolute atomic E-state index is 0.133. The van der Waals surface area contributed by atoms with E-state index < -0.39 is 28.5 Å². The highest BCUT2D eigenvalue weighted by molar-refractivity contribution is 7.89. The van der Waals surface area contributed by atoms with Crippen LogP contribution < -0.4 is 10.0 Å². The van der Waals surface area contributed by atoms with Gasteiger partial charge in [-0.3, -0.25) is 9.59 Å². The lowest BCUT2D eigenvalue weighted by Crippen LogP contribution is -2.31. The zero-order valence-electron chi connectivity index (χ0n) is 16.1. The van der Waals surface area contributed by atoms with E-state index in [0.717, 1.165) is 5.56 Å². The van der Waals surface area contributed by atoms with Crippen molar-refractivity contribution in [2.45, 2.75) is 24.8 Å². The van der Waals surface area contributed by atoms with E-state index in [2.05, 4.69) is 15.0 Å². The number of ether oxygens (including phenoxy) is 1. The third-order valence-corrected chi connectivity index (χ3v) is 5.33. The van der Waals surface area contributed by atoms with Crippen LogP contribution in [-0.2, 0) is 37.8 Å². The fraction of sp³-hybridized carbons (Fsp3) is 0.389. The van der Waals surface area contributed by atoms with Crippen LogP contribution in [0.4, 0.5) is 4.39 Å². The van der Waals surface area contributed by atoms with Crippen LogP contribution in [0.5, 0.6) is 0 Å². The van der Waals surface area contributed by atoms with Crippen molar-refractivity contribution in [2.24, 2.45) is 7.05 Å². The van der Waals surface area contributed by atoms with Gasteiger partial charge in [0, 0.05) is 26.3 Å². The van der Waals surface area contributed by atoms with E-state index in [9.17, 15) is 22.4 Å². The van der Waals surface area contributed by atoms with Gasteiger partial charge in [0.1, 0.15) is 11.6 Å². The van der Waals surface area contributed by atoms with E-state index >= 15 is 0 Å². The molecule has 0 aliphatic carbocycles. The second kappa shape index (κ2) is 10.1. The normalized spacial score (nSPS) is 11.3. The largest absolute Gasteiger partial charge is 0.456 e. The van der Waals surface area contributed by atoms with Crippen LogP contribution in [0.15, 0.2) is 35.5 Å². The summed E-state index contributed by atoms with van der Waals surface area (Å²) >= 11 is 0. The van der Waals surface area contributed by atoms with Crippen molar-refractivity contribution in [2.75, 3.05) is 19.7 Å². The molecule has 29 heavy (non-hydrogen) atoms. The van der Waals surface area contributed by atoms with Gasteiger partial charge in [0.2, 0.25) is 0 Å². The molecule has 0 unspecified atom stereocenters. The Hall–Kier alpha value is -2.79. The first-order valence-corrected chi connectivity index (χ1v) is 10.3. The number of halogens is 1. The van der Waals surface area contributed by atoms with Gasteiger partial charge in [-0.1, -0.05) is 12.1 Å². The summed E-state index contributed by atoms with van der Waals surface area (Å²) in [5.41, 5.74) is 0.860. The number of esters is 1. The van der Waals surface area contributed by atoms with Crippen LogP contribution >= 0.6 is 0 Å². The number of imidazole rings is 1. The van der Waals surface area contributed by atoms with E-state index in [0.29, 0.717) is 18.8 Å². The Kier molecular flexibility index (Phi) is 7.85. The van der Waals surface area contributed by atoms with E-state index in [-0.39, 0.29) is 23.8 Å². The Morgan fingerprint density at radius 3 is 2.52 bits per heavy atom. The molecule has 0 aliphatic rings. The highest BCUT2D eigenvalue weighted by atomic mass is 32.2. The van der Waals surface area contributed by atoms with Crippen molar-refractivity contribution >= 4 is 21.9 Å². The summed E-state index contributed by atoms with van der Waals surface area (Å²) in [6.45, 7) is 1.34. The number of nitrogens with one attached hydrogen (secondary N) is 2. The number of carbonyl (C=O) groups excluding carboxylic acids is 2. The highest BCUT2D eigenvalue weighted by Crippen LogP contribution is 2.07. The topological polar surface area (TPSA) is 119 Å². The van der Waals surface area contributed by atoms with Crippen LogP contribution in [0.3, 0.4) is 0 Å². The van der Waals surface area contributed by atoms with Crippen molar-refractivity contribution in [1.29, 1.82) is 0 Å². The summed E-state index contributed by atoms with van der Waals surface area (Å²) in [7, 11) is -2.15. The number of rotatable bonds is 10. The quantitative estimate of drug-likeness (QED) is 0.532. The number of nitrogens with zero attached hydrogens (tertiary/aromatic N) is 2. The first-order valence-electron chi connectivity index (χ1n) is 8.84. The van der Waals surface area contributed by atoms with E-state index in [1.165, 1.54) is 18.3 Å². The molecule has 1 aromatic heterocycles. The predicted molar refractivity (Wildman–Crippen MR) is 102 cm³/mol. The maximum Gasteiger partial charge on any atom is 0.307 e. The number of amides is 1. The lowest BCUT2D eigenvalue weighted by molar-refractivity contribution is -0.148. The van der Waals surface area contributed by atoms with Gasteiger partial charge in [-0.15, -0.1) is 0 Å². The molecule has 0 bridgehead atoms. The zero-order chi connectivity index (χ0) is 21.4. The van der Waals surface area contributed by atoms with Crippen LogP contribution in [0.2, 0.25) is 0 Å². The summed E-state index contributed by atoms with van der Waals surface area (Å²) in [5, 5.41) is 2.45. The van der Waals surface area contributed by atoms with Crippen LogP contribution in [0.25, 0.3) is 0 Å². The Bertz CT molecular complexity index is 938. The molecule has 0 aliphatic heterocycles. The fourth-order valence-electron chi connectivity index (χ4n) is 2.28. The Morgan fingerprint density at radius 2 is 1.90 bits per heavy atom. The second-order valence-electron chi connectivity index (χ2n) is 6.27. The number of hydrogen-bond acceptors (Lipinski definition) is 6. The SMILES string of the molecule is Cc1nc(S(=O)(=O)NCCC(=O)OCC(=O)NCCc2ccc(F)cc2)cn1C. The van der Waals surface area contributed by atoms with Gasteiger partial charge in [-0.25, -0.2) is 22.5 Å². The second-order valence-corrected chi connectivity index (χ2v) is 7.99. The van der Waals surface area contributed by atoms with Crippen LogP contribution in [0.1, 0.15) is 17.8 Å². The molecule has 1 aromatic carbocycles. The number of carbonyl (C=O) groups is 2. The van der Waals surface area contributed by atoms with Gasteiger partial charge >= 0.3 is 5.97 Å². The van der Waals surface area contributed by atoms with Crippen LogP contribution in [0, 0.1) is 12.7 Å². The molecule has 2 rings (SSSR count). The number of aryl methyl sites for hydroxylation is 2. The molecule has 1 heterocycles. The molecule has 11 heteroatoms. The zero-order valence-corrected chi connectivity index (χ0v) is 17.0. The molecule has 9 nitrogen and oxygen atoms in total. The number of hydrogen-bond donors (Lipinski definition) is 2. The highest BCUT2D eigenvalue weighted by Gasteiger charge is 2.18. The third kappa shape index (κ3) is 7.27. The first-order chi connectivity index (χ1) is 13.7. The average Bonchev–Trinajstić information content (AvgIpc) is 3.01. The third-order valence-electron chi connectivity index (χ3n) is 4.00. The molecule has 2 aromatic rings. The summed E-state index contributed by atoms with van der Waals surface area (Å²) in [6, 6.07) is 5.91. The van der Waals surface area contributed by atoms with Crippen molar-refractivity contribution in [3.05, 3.63) is 47.7 Å². The number of sulfonamides is 1. The van der Waals surface area contributed by atoms with Gasteiger partial charge in [0.05, 0.1) is 6.42 Å². The molecular weight excluding hydrogens is 403 g/mol. The molecule has 0 saturated heterocycles. The smallest absolute Gasteiger partial charge is 0.307 e. The van der Waals surface area contributed by atoms with Crippen LogP contribution in [-0.4, -0.2) is 49.5 Å². The molecule has 2 N–H and O–H groups in total. The van der Waals surface area contributed by atoms with Gasteiger partial charge in [-0.05, 0) is 31.0 Å². The molecule has 0 saturated carbocycles. The first kappa shape index (κ1) is 22.5. The maximum absolute atomic E-state index is 12.8. The van der Waals surface area contributed by atoms with E-state index in [1.807, 2.05) is 0 Å². The Morgan fingerprint density at radius 1 is 1.21 bits per heavy atom. The summed E-state index contributed by atoms with van der Waals surface area (Å²) in [5.74, 6) is -0.985. The van der Waals surface area contributed by atoms with Gasteiger partial charge in [0.15, 0.2) is 11.6 Å².